The zero-order chi connectivity index (χ0) is 18.9. The molecule has 0 spiro atoms. The van der Waals surface area contributed by atoms with E-state index in [0.717, 1.165) is 21.8 Å². The lowest BCUT2D eigenvalue weighted by Gasteiger charge is -2.20. The van der Waals surface area contributed by atoms with Crippen molar-refractivity contribution in [1.82, 2.24) is 9.71 Å². The Hall–Kier alpha value is -2.22. The highest BCUT2D eigenvalue weighted by atomic mass is 32.2. The number of thiazole rings is 1. The van der Waals surface area contributed by atoms with Crippen molar-refractivity contribution < 1.29 is 8.42 Å². The number of aromatic nitrogens is 1. The van der Waals surface area contributed by atoms with Crippen molar-refractivity contribution in [2.45, 2.75) is 31.2 Å². The zero-order valence-electron chi connectivity index (χ0n) is 14.9. The van der Waals surface area contributed by atoms with Crippen LogP contribution in [0.15, 0.2) is 58.8 Å². The fourth-order valence-electron chi connectivity index (χ4n) is 2.51. The van der Waals surface area contributed by atoms with Crippen LogP contribution in [0, 0.1) is 0 Å². The molecule has 0 aliphatic rings. The maximum Gasteiger partial charge on any atom is 0.241 e. The number of nitrogens with two attached hydrogens (primary N) is 1. The number of hydrogen-bond acceptors (Lipinski definition) is 5. The SMILES string of the molecule is CC(C)(C)NS(=O)(=O)c1ccc(-c2csc(-c3ccccc3)n2)c(N)c1. The summed E-state index contributed by atoms with van der Waals surface area (Å²) < 4.78 is 27.5. The standard InChI is InChI=1S/C19H21N3O2S2/c1-19(2,3)22-26(23,24)14-9-10-15(16(20)11-14)17-12-25-18(21-17)13-7-5-4-6-8-13/h4-12,22H,20H2,1-3H3. The minimum absolute atomic E-state index is 0.146. The maximum absolute atomic E-state index is 12.5. The van der Waals surface area contributed by atoms with Gasteiger partial charge in [-0.3, -0.25) is 0 Å². The Kier molecular flexibility index (Phi) is 4.88. The molecule has 136 valence electrons. The Balaban J connectivity index is 1.93. The Bertz CT molecular complexity index is 1020. The summed E-state index contributed by atoms with van der Waals surface area (Å²) in [7, 11) is -3.63. The number of hydrogen-bond donors (Lipinski definition) is 2. The highest BCUT2D eigenvalue weighted by molar-refractivity contribution is 7.89. The summed E-state index contributed by atoms with van der Waals surface area (Å²) in [5.41, 5.74) is 8.45. The number of nitrogens with zero attached hydrogens (tertiary/aromatic N) is 1. The number of sulfonamides is 1. The summed E-state index contributed by atoms with van der Waals surface area (Å²) in [6.07, 6.45) is 0. The molecule has 3 N–H and O–H groups in total. The first-order valence-corrected chi connectivity index (χ1v) is 10.5. The van der Waals surface area contributed by atoms with Crippen molar-refractivity contribution in [3.05, 3.63) is 53.9 Å². The molecule has 0 saturated heterocycles. The van der Waals surface area contributed by atoms with Gasteiger partial charge >= 0.3 is 0 Å². The van der Waals surface area contributed by atoms with Gasteiger partial charge in [0.2, 0.25) is 10.0 Å². The van der Waals surface area contributed by atoms with Gasteiger partial charge < -0.3 is 5.73 Å². The van der Waals surface area contributed by atoms with Gasteiger partial charge in [0.1, 0.15) is 5.01 Å². The van der Waals surface area contributed by atoms with Gasteiger partial charge in [-0.2, -0.15) is 0 Å². The van der Waals surface area contributed by atoms with Gasteiger partial charge in [0.25, 0.3) is 0 Å². The molecule has 0 unspecified atom stereocenters. The zero-order valence-corrected chi connectivity index (χ0v) is 16.5. The van der Waals surface area contributed by atoms with Gasteiger partial charge in [0, 0.05) is 27.7 Å². The van der Waals surface area contributed by atoms with E-state index in [4.69, 9.17) is 5.73 Å². The number of nitrogen functional groups attached to an aromatic ring is 1. The third-order valence-corrected chi connectivity index (χ3v) is 6.22. The second kappa shape index (κ2) is 6.83. The van der Waals surface area contributed by atoms with Gasteiger partial charge in [-0.25, -0.2) is 18.1 Å². The molecule has 0 atom stereocenters. The number of rotatable bonds is 4. The van der Waals surface area contributed by atoms with Crippen LogP contribution in [-0.4, -0.2) is 18.9 Å². The summed E-state index contributed by atoms with van der Waals surface area (Å²) in [5, 5.41) is 2.82. The molecule has 5 nitrogen and oxygen atoms in total. The van der Waals surface area contributed by atoms with Crippen LogP contribution < -0.4 is 10.5 Å². The predicted molar refractivity (Wildman–Crippen MR) is 107 cm³/mol. The number of benzene rings is 2. The lowest BCUT2D eigenvalue weighted by atomic mass is 10.1. The topological polar surface area (TPSA) is 85.1 Å². The average molecular weight is 388 g/mol. The molecule has 0 fully saturated rings. The molecular formula is C19H21N3O2S2. The lowest BCUT2D eigenvalue weighted by molar-refractivity contribution is 0.491. The molecule has 26 heavy (non-hydrogen) atoms. The van der Waals surface area contributed by atoms with E-state index in [9.17, 15) is 8.42 Å². The average Bonchev–Trinajstić information content (AvgIpc) is 3.03. The molecule has 0 amide bonds. The second-order valence-electron chi connectivity index (χ2n) is 7.01. The Morgan fingerprint density at radius 3 is 2.38 bits per heavy atom. The third kappa shape index (κ3) is 4.12. The van der Waals surface area contributed by atoms with Crippen LogP contribution in [0.3, 0.4) is 0 Å². The molecule has 0 aliphatic heterocycles. The molecule has 3 aromatic rings. The Labute approximate surface area is 158 Å². The molecule has 1 aromatic heterocycles. The first-order valence-electron chi connectivity index (χ1n) is 8.10. The quantitative estimate of drug-likeness (QED) is 0.659. The van der Waals surface area contributed by atoms with E-state index in [0.29, 0.717) is 5.69 Å². The molecule has 0 saturated carbocycles. The van der Waals surface area contributed by atoms with Gasteiger partial charge in [-0.05, 0) is 39.0 Å². The van der Waals surface area contributed by atoms with E-state index in [1.807, 2.05) is 35.7 Å². The van der Waals surface area contributed by atoms with Crippen molar-refractivity contribution in [2.75, 3.05) is 5.73 Å². The Morgan fingerprint density at radius 1 is 1.08 bits per heavy atom. The molecule has 7 heteroatoms. The summed E-state index contributed by atoms with van der Waals surface area (Å²) in [6, 6.07) is 14.6. The highest BCUT2D eigenvalue weighted by Gasteiger charge is 2.23. The van der Waals surface area contributed by atoms with E-state index in [2.05, 4.69) is 9.71 Å². The first-order chi connectivity index (χ1) is 12.2. The maximum atomic E-state index is 12.5. The molecule has 3 rings (SSSR count). The van der Waals surface area contributed by atoms with E-state index in [1.165, 1.54) is 17.4 Å². The minimum Gasteiger partial charge on any atom is -0.398 e. The molecular weight excluding hydrogens is 366 g/mol. The van der Waals surface area contributed by atoms with Crippen molar-refractivity contribution in [3.8, 4) is 21.8 Å². The van der Waals surface area contributed by atoms with Crippen molar-refractivity contribution in [1.29, 1.82) is 0 Å². The molecule has 2 aromatic carbocycles. The van der Waals surface area contributed by atoms with Crippen molar-refractivity contribution in [3.63, 3.8) is 0 Å². The first kappa shape index (κ1) is 18.6. The van der Waals surface area contributed by atoms with Gasteiger partial charge in [0.15, 0.2) is 0 Å². The second-order valence-corrected chi connectivity index (χ2v) is 9.55. The van der Waals surface area contributed by atoms with E-state index in [-0.39, 0.29) is 4.90 Å². The summed E-state index contributed by atoms with van der Waals surface area (Å²) in [5.74, 6) is 0. The smallest absolute Gasteiger partial charge is 0.241 e. The molecule has 1 heterocycles. The van der Waals surface area contributed by atoms with Crippen LogP contribution in [0.25, 0.3) is 21.8 Å². The van der Waals surface area contributed by atoms with Crippen LogP contribution in [-0.2, 0) is 10.0 Å². The van der Waals surface area contributed by atoms with Crippen LogP contribution in [0.1, 0.15) is 20.8 Å². The van der Waals surface area contributed by atoms with Gasteiger partial charge in [-0.1, -0.05) is 30.3 Å². The largest absolute Gasteiger partial charge is 0.398 e. The minimum atomic E-state index is -3.63. The van der Waals surface area contributed by atoms with Crippen molar-refractivity contribution in [2.24, 2.45) is 0 Å². The molecule has 0 aliphatic carbocycles. The lowest BCUT2D eigenvalue weighted by Crippen LogP contribution is -2.40. The van der Waals surface area contributed by atoms with Crippen molar-refractivity contribution >= 4 is 27.0 Å². The summed E-state index contributed by atoms with van der Waals surface area (Å²) in [6.45, 7) is 5.38. The summed E-state index contributed by atoms with van der Waals surface area (Å²) >= 11 is 1.53. The Morgan fingerprint density at radius 2 is 1.77 bits per heavy atom. The highest BCUT2D eigenvalue weighted by Crippen LogP contribution is 2.32. The number of nitrogens with one attached hydrogen (secondary N) is 1. The molecule has 0 bridgehead atoms. The van der Waals surface area contributed by atoms with E-state index >= 15 is 0 Å². The van der Waals surface area contributed by atoms with E-state index in [1.54, 1.807) is 32.9 Å². The molecule has 0 radical (unpaired) electrons. The van der Waals surface area contributed by atoms with E-state index < -0.39 is 15.6 Å². The monoisotopic (exact) mass is 387 g/mol. The van der Waals surface area contributed by atoms with Gasteiger partial charge in [0.05, 0.1) is 10.6 Å². The third-order valence-electron chi connectivity index (χ3n) is 3.57. The fraction of sp³-hybridized carbons (Fsp3) is 0.211. The fourth-order valence-corrected chi connectivity index (χ4v) is 4.79. The number of anilines is 1. The van der Waals surface area contributed by atoms with Crippen LogP contribution >= 0.6 is 11.3 Å². The van der Waals surface area contributed by atoms with Crippen LogP contribution in [0.5, 0.6) is 0 Å². The normalized spacial score (nSPS) is 12.3. The van der Waals surface area contributed by atoms with Gasteiger partial charge in [-0.15, -0.1) is 11.3 Å². The summed E-state index contributed by atoms with van der Waals surface area (Å²) in [4.78, 5) is 4.78. The predicted octanol–water partition coefficient (Wildman–Crippen LogP) is 4.14. The van der Waals surface area contributed by atoms with Crippen LogP contribution in [0.2, 0.25) is 0 Å². The van der Waals surface area contributed by atoms with Crippen LogP contribution in [0.4, 0.5) is 5.69 Å².